The molecule has 0 amide bonds. The van der Waals surface area contributed by atoms with Gasteiger partial charge >= 0.3 is 39.5 Å². The second-order valence-electron chi connectivity index (χ2n) is 25.0. The van der Waals surface area contributed by atoms with Crippen LogP contribution in [-0.2, 0) is 65.4 Å². The molecule has 0 spiro atoms. The van der Waals surface area contributed by atoms with Crippen molar-refractivity contribution in [2.24, 2.45) is 11.8 Å². The number of carbonyl (C=O) groups excluding carboxylic acids is 4. The van der Waals surface area contributed by atoms with Crippen molar-refractivity contribution < 1.29 is 80.2 Å². The third kappa shape index (κ3) is 60.1. The first-order valence-electron chi connectivity index (χ1n) is 35.6. The van der Waals surface area contributed by atoms with Crippen molar-refractivity contribution in [1.82, 2.24) is 0 Å². The van der Waals surface area contributed by atoms with Crippen molar-refractivity contribution in [3.63, 3.8) is 0 Å². The monoisotopic (exact) mass is 1280 g/mol. The number of hydrogen-bond donors (Lipinski definition) is 3. The SMILES string of the molecule is CCCCCCCCCCCCCCCCCCCCC(=O)O[C@H](COC(=O)CCCCCCCCCCCCC(C)CC)COP(=O)(O)OC[C@@H](O)COP(=O)(O)OC[C@@H](COC(=O)CCCCCCC)OC(=O)CCCCCCCCC(C)CC. The molecule has 0 aliphatic heterocycles. The molecule has 0 saturated carbocycles. The minimum Gasteiger partial charge on any atom is -0.462 e. The van der Waals surface area contributed by atoms with Crippen LogP contribution in [0.5, 0.6) is 0 Å². The first-order valence-corrected chi connectivity index (χ1v) is 38.6. The van der Waals surface area contributed by atoms with Gasteiger partial charge in [-0.1, -0.05) is 292 Å². The Morgan fingerprint density at radius 2 is 0.552 bits per heavy atom. The lowest BCUT2D eigenvalue weighted by Gasteiger charge is -2.21. The maximum Gasteiger partial charge on any atom is 0.472 e. The molecule has 3 N–H and O–H groups in total. The molecule has 0 radical (unpaired) electrons. The summed E-state index contributed by atoms with van der Waals surface area (Å²) in [6.07, 6.45) is 44.9. The third-order valence-electron chi connectivity index (χ3n) is 16.4. The van der Waals surface area contributed by atoms with Crippen LogP contribution in [0.25, 0.3) is 0 Å². The maximum atomic E-state index is 13.0. The molecule has 0 heterocycles. The molecule has 7 atom stereocenters. The molecule has 17 nitrogen and oxygen atoms in total. The van der Waals surface area contributed by atoms with Gasteiger partial charge in [0, 0.05) is 25.7 Å². The number of aliphatic hydroxyl groups is 1. The first kappa shape index (κ1) is 85.1. The zero-order valence-corrected chi connectivity index (χ0v) is 58.1. The number of carbonyl (C=O) groups is 4. The fraction of sp³-hybridized carbons (Fsp3) is 0.941. The summed E-state index contributed by atoms with van der Waals surface area (Å²) < 4.78 is 68.0. The molecule has 4 unspecified atom stereocenters. The van der Waals surface area contributed by atoms with Crippen LogP contribution in [0.15, 0.2) is 0 Å². The van der Waals surface area contributed by atoms with Gasteiger partial charge in [0.2, 0.25) is 0 Å². The topological polar surface area (TPSA) is 237 Å². The van der Waals surface area contributed by atoms with Gasteiger partial charge in [-0.3, -0.25) is 37.3 Å². The molecule has 0 aliphatic rings. The summed E-state index contributed by atoms with van der Waals surface area (Å²) in [6.45, 7) is 9.42. The Morgan fingerprint density at radius 3 is 0.816 bits per heavy atom. The van der Waals surface area contributed by atoms with Crippen molar-refractivity contribution in [3.8, 4) is 0 Å². The second-order valence-corrected chi connectivity index (χ2v) is 28.0. The van der Waals surface area contributed by atoms with Crippen molar-refractivity contribution in [2.45, 2.75) is 362 Å². The Balaban J connectivity index is 5.16. The third-order valence-corrected chi connectivity index (χ3v) is 18.3. The van der Waals surface area contributed by atoms with E-state index in [-0.39, 0.29) is 25.7 Å². The average molecular weight is 1280 g/mol. The van der Waals surface area contributed by atoms with Gasteiger partial charge < -0.3 is 33.8 Å². The standard InChI is InChI=1S/C68H132O17P2/c1-7-11-13-15-16-17-18-19-20-21-22-23-24-25-30-33-40-46-52-67(72)84-64(57-79-66(71)51-45-39-32-29-27-26-28-31-37-42-48-60(5)9-3)59-83-87(76,77)81-55-62(69)54-80-86(74,75)82-58-63(56-78-65(70)50-44-36-14-12-8-2)85-68(73)53-47-41-35-34-38-43-49-61(6)10-4/h60-64,69H,7-59H2,1-6H3,(H,74,75)(H,76,77)/t60?,61?,62-,63+,64+/m0/s1. The average Bonchev–Trinajstić information content (AvgIpc) is 3.50. The summed E-state index contributed by atoms with van der Waals surface area (Å²) in [5.74, 6) is -0.611. The number of esters is 4. The highest BCUT2D eigenvalue weighted by Gasteiger charge is 2.30. The number of aliphatic hydroxyl groups excluding tert-OH is 1. The van der Waals surface area contributed by atoms with E-state index in [1.165, 1.54) is 154 Å². The second kappa shape index (κ2) is 60.3. The van der Waals surface area contributed by atoms with Crippen LogP contribution in [0.4, 0.5) is 0 Å². The summed E-state index contributed by atoms with van der Waals surface area (Å²) in [4.78, 5) is 72.2. The highest BCUT2D eigenvalue weighted by molar-refractivity contribution is 7.47. The highest BCUT2D eigenvalue weighted by atomic mass is 31.2. The van der Waals surface area contributed by atoms with E-state index in [4.69, 9.17) is 37.0 Å². The zero-order chi connectivity index (χ0) is 64.3. The van der Waals surface area contributed by atoms with Crippen molar-refractivity contribution in [3.05, 3.63) is 0 Å². The molecule has 0 fully saturated rings. The number of phosphoric acid groups is 2. The van der Waals surface area contributed by atoms with E-state index < -0.39 is 97.5 Å². The van der Waals surface area contributed by atoms with Crippen LogP contribution in [0.2, 0.25) is 0 Å². The van der Waals surface area contributed by atoms with Crippen LogP contribution in [0.1, 0.15) is 343 Å². The van der Waals surface area contributed by atoms with Crippen LogP contribution in [0, 0.1) is 11.8 Å². The number of ether oxygens (including phenoxy) is 4. The smallest absolute Gasteiger partial charge is 0.462 e. The predicted octanol–water partition coefficient (Wildman–Crippen LogP) is 19.2. The molecule has 0 aliphatic carbocycles. The van der Waals surface area contributed by atoms with Crippen LogP contribution < -0.4 is 0 Å². The van der Waals surface area contributed by atoms with Gasteiger partial charge in [0.1, 0.15) is 19.3 Å². The molecule has 0 rings (SSSR count). The summed E-state index contributed by atoms with van der Waals surface area (Å²) in [6, 6.07) is 0. The first-order chi connectivity index (χ1) is 41.9. The Kier molecular flexibility index (Phi) is 59.0. The van der Waals surface area contributed by atoms with E-state index in [0.717, 1.165) is 108 Å². The van der Waals surface area contributed by atoms with Crippen LogP contribution >= 0.6 is 15.6 Å². The molecule has 19 heteroatoms. The lowest BCUT2D eigenvalue weighted by molar-refractivity contribution is -0.161. The van der Waals surface area contributed by atoms with Crippen LogP contribution in [-0.4, -0.2) is 96.7 Å². The lowest BCUT2D eigenvalue weighted by Crippen LogP contribution is -2.30. The van der Waals surface area contributed by atoms with Crippen molar-refractivity contribution in [1.29, 1.82) is 0 Å². The van der Waals surface area contributed by atoms with Gasteiger partial charge in [-0.2, -0.15) is 0 Å². The van der Waals surface area contributed by atoms with Crippen molar-refractivity contribution in [2.75, 3.05) is 39.6 Å². The molecular formula is C68H132O17P2. The van der Waals surface area contributed by atoms with E-state index >= 15 is 0 Å². The summed E-state index contributed by atoms with van der Waals surface area (Å²) >= 11 is 0. The molecule has 0 saturated heterocycles. The van der Waals surface area contributed by atoms with Crippen LogP contribution in [0.3, 0.4) is 0 Å². The molecule has 516 valence electrons. The lowest BCUT2D eigenvalue weighted by atomic mass is 9.99. The number of rotatable bonds is 67. The highest BCUT2D eigenvalue weighted by Crippen LogP contribution is 2.45. The number of unbranched alkanes of at least 4 members (excludes halogenated alkanes) is 35. The molecule has 0 bridgehead atoms. The molecule has 0 aromatic rings. The minimum atomic E-state index is -4.95. The van der Waals surface area contributed by atoms with Gasteiger partial charge in [0.05, 0.1) is 26.4 Å². The van der Waals surface area contributed by atoms with Gasteiger partial charge in [0.25, 0.3) is 0 Å². The van der Waals surface area contributed by atoms with Gasteiger partial charge in [0.15, 0.2) is 12.2 Å². The fourth-order valence-electron chi connectivity index (χ4n) is 10.2. The molecular weight excluding hydrogens is 1150 g/mol. The van der Waals surface area contributed by atoms with Gasteiger partial charge in [-0.25, -0.2) is 9.13 Å². The van der Waals surface area contributed by atoms with Crippen molar-refractivity contribution >= 4 is 39.5 Å². The summed E-state index contributed by atoms with van der Waals surface area (Å²) in [7, 11) is -9.89. The van der Waals surface area contributed by atoms with Gasteiger partial charge in [-0.15, -0.1) is 0 Å². The minimum absolute atomic E-state index is 0.102. The normalized spacial score (nSPS) is 14.8. The van der Waals surface area contributed by atoms with E-state index in [1.807, 2.05) is 0 Å². The van der Waals surface area contributed by atoms with E-state index in [1.54, 1.807) is 0 Å². The molecule has 0 aromatic heterocycles. The van der Waals surface area contributed by atoms with E-state index in [2.05, 4.69) is 41.5 Å². The Bertz CT molecular complexity index is 1700. The Labute approximate surface area is 530 Å². The predicted molar refractivity (Wildman–Crippen MR) is 349 cm³/mol. The summed E-state index contributed by atoms with van der Waals surface area (Å²) in [5, 5.41) is 10.5. The largest absolute Gasteiger partial charge is 0.472 e. The molecule has 87 heavy (non-hydrogen) atoms. The molecule has 0 aromatic carbocycles. The number of hydrogen-bond acceptors (Lipinski definition) is 15. The zero-order valence-electron chi connectivity index (χ0n) is 56.3. The fourth-order valence-corrected chi connectivity index (χ4v) is 11.8. The maximum absolute atomic E-state index is 13.0. The quantitative estimate of drug-likeness (QED) is 0.0222. The van der Waals surface area contributed by atoms with Gasteiger partial charge in [-0.05, 0) is 37.5 Å². The summed E-state index contributed by atoms with van der Waals surface area (Å²) in [5.41, 5.74) is 0. The van der Waals surface area contributed by atoms with E-state index in [0.29, 0.717) is 25.7 Å². The van der Waals surface area contributed by atoms with E-state index in [9.17, 15) is 43.2 Å². The Hall–Kier alpha value is -1.94. The number of phosphoric ester groups is 2. The Morgan fingerprint density at radius 1 is 0.322 bits per heavy atom.